The normalized spacial score (nSPS) is 14.3. The van der Waals surface area contributed by atoms with E-state index in [1.165, 1.54) is 46.8 Å². The van der Waals surface area contributed by atoms with Crippen LogP contribution in [-0.4, -0.2) is 80.4 Å². The molecule has 0 saturated carbocycles. The molecule has 4 rings (SSSR count). The molecule has 0 radical (unpaired) electrons. The standard InChI is InChI=1S/C28H31F3N4O7/c1-3-18-12-20-23(27(41)35(18)13-21(38)16-5-4-6-19(37)11-16)25(42-15-28(29,30)31)24(33(20)2)26(40)32-17-7-9-34(10-8-17)22(39)14-36/h4-6,11-12,17,36-37H,3,7-10,13-15H2,1-2H3,(H,32,40). The number of phenolic OH excluding ortho intramolecular Hbond substituents is 1. The van der Waals surface area contributed by atoms with Crippen LogP contribution in [0.4, 0.5) is 13.2 Å². The molecule has 14 heteroatoms. The summed E-state index contributed by atoms with van der Waals surface area (Å²) in [6.07, 6.45) is -3.78. The lowest BCUT2D eigenvalue weighted by molar-refractivity contribution is -0.153. The van der Waals surface area contributed by atoms with Crippen LogP contribution < -0.4 is 15.6 Å². The van der Waals surface area contributed by atoms with Gasteiger partial charge in [0.1, 0.15) is 17.7 Å². The average Bonchev–Trinajstić information content (AvgIpc) is 3.24. The molecule has 1 aliphatic rings. The SMILES string of the molecule is CCc1cc2c(c(OCC(F)(F)F)c(C(=O)NC3CCN(C(=O)CO)CC3)n2C)c(=O)n1CC(=O)c1cccc(O)c1. The highest BCUT2D eigenvalue weighted by molar-refractivity contribution is 6.04. The molecule has 0 atom stereocenters. The van der Waals surface area contributed by atoms with E-state index in [1.807, 2.05) is 0 Å². The number of alkyl halides is 3. The van der Waals surface area contributed by atoms with E-state index in [4.69, 9.17) is 9.84 Å². The number of fused-ring (bicyclic) bond motifs is 1. The summed E-state index contributed by atoms with van der Waals surface area (Å²) in [7, 11) is 1.43. The van der Waals surface area contributed by atoms with Crippen LogP contribution in [0.3, 0.4) is 0 Å². The maximum absolute atomic E-state index is 13.8. The lowest BCUT2D eigenvalue weighted by Crippen LogP contribution is -2.47. The first-order chi connectivity index (χ1) is 19.8. The molecule has 1 aliphatic heterocycles. The third-order valence-electron chi connectivity index (χ3n) is 7.25. The van der Waals surface area contributed by atoms with Crippen molar-refractivity contribution < 1.29 is 42.5 Å². The van der Waals surface area contributed by atoms with Gasteiger partial charge in [0.2, 0.25) is 5.91 Å². The van der Waals surface area contributed by atoms with Crippen LogP contribution in [0.15, 0.2) is 35.1 Å². The molecule has 2 amide bonds. The van der Waals surface area contributed by atoms with Crippen LogP contribution in [0.25, 0.3) is 10.9 Å². The number of aliphatic hydroxyl groups excluding tert-OH is 1. The minimum atomic E-state index is -4.77. The molecule has 3 aromatic rings. The fourth-order valence-electron chi connectivity index (χ4n) is 5.11. The lowest BCUT2D eigenvalue weighted by Gasteiger charge is -2.32. The molecule has 2 aromatic heterocycles. The molecule has 0 aliphatic carbocycles. The number of aliphatic hydroxyl groups is 1. The van der Waals surface area contributed by atoms with Crippen LogP contribution in [0.2, 0.25) is 0 Å². The first-order valence-corrected chi connectivity index (χ1v) is 13.3. The number of pyridine rings is 1. The number of carbonyl (C=O) groups excluding carboxylic acids is 3. The van der Waals surface area contributed by atoms with Gasteiger partial charge in [0, 0.05) is 37.4 Å². The maximum Gasteiger partial charge on any atom is 0.422 e. The van der Waals surface area contributed by atoms with E-state index in [2.05, 4.69) is 5.32 Å². The lowest BCUT2D eigenvalue weighted by atomic mass is 10.0. The van der Waals surface area contributed by atoms with Crippen LogP contribution in [-0.2, 0) is 24.8 Å². The Morgan fingerprint density at radius 3 is 2.43 bits per heavy atom. The van der Waals surface area contributed by atoms with Crippen molar-refractivity contribution in [2.75, 3.05) is 26.3 Å². The van der Waals surface area contributed by atoms with Gasteiger partial charge in [-0.05, 0) is 37.5 Å². The highest BCUT2D eigenvalue weighted by Gasteiger charge is 2.34. The zero-order valence-electron chi connectivity index (χ0n) is 23.0. The molecule has 1 saturated heterocycles. The number of aromatic hydroxyl groups is 1. The number of nitrogens with zero attached hydrogens (tertiary/aromatic N) is 3. The summed E-state index contributed by atoms with van der Waals surface area (Å²) >= 11 is 0. The first kappa shape index (κ1) is 30.6. The van der Waals surface area contributed by atoms with Gasteiger partial charge in [0.15, 0.2) is 23.8 Å². The number of halogens is 3. The van der Waals surface area contributed by atoms with Gasteiger partial charge in [0.25, 0.3) is 11.5 Å². The Labute approximate surface area is 238 Å². The molecule has 1 fully saturated rings. The van der Waals surface area contributed by atoms with E-state index in [0.29, 0.717) is 18.5 Å². The van der Waals surface area contributed by atoms with Crippen molar-refractivity contribution in [3.05, 3.63) is 57.6 Å². The van der Waals surface area contributed by atoms with E-state index in [0.717, 1.165) is 4.57 Å². The van der Waals surface area contributed by atoms with Crippen LogP contribution in [0.1, 0.15) is 46.3 Å². The van der Waals surface area contributed by atoms with Crippen molar-refractivity contribution in [1.29, 1.82) is 0 Å². The number of amides is 2. The molecule has 0 unspecified atom stereocenters. The number of ketones is 1. The Balaban J connectivity index is 1.75. The molecule has 226 valence electrons. The fraction of sp³-hybridized carbons (Fsp3) is 0.429. The van der Waals surface area contributed by atoms with E-state index in [-0.39, 0.29) is 47.4 Å². The number of piperidine rings is 1. The number of hydrogen-bond acceptors (Lipinski definition) is 7. The summed E-state index contributed by atoms with van der Waals surface area (Å²) in [6, 6.07) is 6.66. The number of ether oxygens (including phenoxy) is 1. The quantitative estimate of drug-likeness (QED) is 0.323. The van der Waals surface area contributed by atoms with Gasteiger partial charge >= 0.3 is 6.18 Å². The largest absolute Gasteiger partial charge is 0.508 e. The second-order valence-corrected chi connectivity index (χ2v) is 10.0. The summed E-state index contributed by atoms with van der Waals surface area (Å²) in [5, 5.41) is 21.3. The van der Waals surface area contributed by atoms with Crippen molar-refractivity contribution in [1.82, 2.24) is 19.4 Å². The smallest absolute Gasteiger partial charge is 0.422 e. The fourth-order valence-corrected chi connectivity index (χ4v) is 5.11. The second-order valence-electron chi connectivity index (χ2n) is 10.0. The van der Waals surface area contributed by atoms with E-state index >= 15 is 0 Å². The third-order valence-corrected chi connectivity index (χ3v) is 7.25. The maximum atomic E-state index is 13.8. The minimum Gasteiger partial charge on any atom is -0.508 e. The number of rotatable bonds is 9. The monoisotopic (exact) mass is 592 g/mol. The molecule has 42 heavy (non-hydrogen) atoms. The summed E-state index contributed by atoms with van der Waals surface area (Å²) in [4.78, 5) is 53.4. The van der Waals surface area contributed by atoms with Gasteiger partial charge < -0.3 is 34.3 Å². The summed E-state index contributed by atoms with van der Waals surface area (Å²) < 4.78 is 47.3. The Morgan fingerprint density at radius 2 is 1.83 bits per heavy atom. The molecule has 11 nitrogen and oxygen atoms in total. The number of hydrogen-bond donors (Lipinski definition) is 3. The number of carbonyl (C=O) groups is 3. The molecular formula is C28H31F3N4O7. The predicted octanol–water partition coefficient (Wildman–Crippen LogP) is 2.15. The summed E-state index contributed by atoms with van der Waals surface area (Å²) in [5.41, 5.74) is -0.405. The molecule has 0 bridgehead atoms. The second kappa shape index (κ2) is 12.3. The highest BCUT2D eigenvalue weighted by Crippen LogP contribution is 2.33. The number of likely N-dealkylation sites (tertiary alicyclic amines) is 1. The highest BCUT2D eigenvalue weighted by atomic mass is 19.4. The van der Waals surface area contributed by atoms with Gasteiger partial charge in [0.05, 0.1) is 12.1 Å². The van der Waals surface area contributed by atoms with Gasteiger partial charge in [-0.15, -0.1) is 0 Å². The zero-order chi connectivity index (χ0) is 30.8. The van der Waals surface area contributed by atoms with Crippen LogP contribution in [0.5, 0.6) is 11.5 Å². The average molecular weight is 593 g/mol. The Kier molecular flexibility index (Phi) is 8.95. The molecule has 3 N–H and O–H groups in total. The van der Waals surface area contributed by atoms with Crippen molar-refractivity contribution >= 4 is 28.5 Å². The van der Waals surface area contributed by atoms with E-state index in [1.54, 1.807) is 6.92 Å². The molecule has 3 heterocycles. The topological polar surface area (TPSA) is 143 Å². The number of phenols is 1. The van der Waals surface area contributed by atoms with Crippen LogP contribution in [0, 0.1) is 0 Å². The minimum absolute atomic E-state index is 0.137. The van der Waals surface area contributed by atoms with E-state index < -0.39 is 60.9 Å². The first-order valence-electron chi connectivity index (χ1n) is 13.3. The predicted molar refractivity (Wildman–Crippen MR) is 145 cm³/mol. The van der Waals surface area contributed by atoms with Crippen molar-refractivity contribution in [3.8, 4) is 11.5 Å². The molecule has 0 spiro atoms. The number of benzene rings is 1. The van der Waals surface area contributed by atoms with Gasteiger partial charge in [-0.3, -0.25) is 19.2 Å². The van der Waals surface area contributed by atoms with Gasteiger partial charge in [-0.1, -0.05) is 19.1 Å². The number of nitrogens with one attached hydrogen (secondary N) is 1. The van der Waals surface area contributed by atoms with E-state index in [9.17, 15) is 37.5 Å². The molecule has 1 aromatic carbocycles. The summed E-state index contributed by atoms with van der Waals surface area (Å²) in [6.45, 7) is -0.568. The Morgan fingerprint density at radius 1 is 1.14 bits per heavy atom. The summed E-state index contributed by atoms with van der Waals surface area (Å²) in [5.74, 6) is -2.42. The van der Waals surface area contributed by atoms with Crippen molar-refractivity contribution in [2.45, 2.75) is 44.9 Å². The Bertz CT molecular complexity index is 1570. The van der Waals surface area contributed by atoms with Gasteiger partial charge in [-0.25, -0.2) is 0 Å². The molecular weight excluding hydrogens is 561 g/mol. The van der Waals surface area contributed by atoms with Crippen molar-refractivity contribution in [2.24, 2.45) is 7.05 Å². The van der Waals surface area contributed by atoms with Gasteiger partial charge in [-0.2, -0.15) is 13.2 Å². The number of aromatic nitrogens is 2. The Hall–Kier alpha value is -4.33. The van der Waals surface area contributed by atoms with Crippen molar-refractivity contribution in [3.63, 3.8) is 0 Å². The van der Waals surface area contributed by atoms with Crippen LogP contribution >= 0.6 is 0 Å². The number of aryl methyl sites for hydroxylation is 2. The zero-order valence-corrected chi connectivity index (χ0v) is 23.0. The number of Topliss-reactive ketones (excluding diaryl/α,β-unsaturated/α-hetero) is 1. The third kappa shape index (κ3) is 6.43.